The summed E-state index contributed by atoms with van der Waals surface area (Å²) in [6.07, 6.45) is 4.88. The topological polar surface area (TPSA) is 93.8 Å². The molecule has 3 aromatic rings. The van der Waals surface area contributed by atoms with E-state index in [1.54, 1.807) is 23.1 Å². The van der Waals surface area contributed by atoms with Gasteiger partial charge in [-0.1, -0.05) is 12.1 Å². The number of amides is 1. The van der Waals surface area contributed by atoms with Crippen molar-refractivity contribution in [2.45, 2.75) is 32.8 Å². The summed E-state index contributed by atoms with van der Waals surface area (Å²) in [6, 6.07) is 6.68. The van der Waals surface area contributed by atoms with Crippen LogP contribution in [0.15, 0.2) is 42.7 Å². The molecule has 178 valence electrons. The number of aromatic nitrogens is 2. The Morgan fingerprint density at radius 1 is 1.21 bits per heavy atom. The van der Waals surface area contributed by atoms with Crippen LogP contribution in [0.5, 0.6) is 11.5 Å². The molecule has 1 amide bonds. The number of methoxy groups -OCH3 is 1. The van der Waals surface area contributed by atoms with Crippen molar-refractivity contribution in [1.82, 2.24) is 14.9 Å². The molecule has 4 rings (SSSR count). The molecule has 0 saturated carbocycles. The van der Waals surface area contributed by atoms with Crippen molar-refractivity contribution >= 4 is 28.7 Å². The largest absolute Gasteiger partial charge is 0.465 e. The first-order chi connectivity index (χ1) is 16.1. The fraction of sp³-hybridized carbons (Fsp3) is 0.320. The Labute approximate surface area is 196 Å². The van der Waals surface area contributed by atoms with Crippen molar-refractivity contribution in [2.75, 3.05) is 20.2 Å². The van der Waals surface area contributed by atoms with Gasteiger partial charge in [0.15, 0.2) is 0 Å². The van der Waals surface area contributed by atoms with Crippen LogP contribution in [-0.4, -0.2) is 52.7 Å². The first-order valence-electron chi connectivity index (χ1n) is 10.8. The van der Waals surface area contributed by atoms with E-state index in [2.05, 4.69) is 9.97 Å². The Morgan fingerprint density at radius 2 is 2.00 bits per heavy atom. The minimum Gasteiger partial charge on any atom is -0.465 e. The fourth-order valence-corrected chi connectivity index (χ4v) is 3.64. The summed E-state index contributed by atoms with van der Waals surface area (Å²) < 4.78 is 30.3. The number of esters is 1. The van der Waals surface area contributed by atoms with Crippen LogP contribution in [0.3, 0.4) is 0 Å². The average Bonchev–Trinajstić information content (AvgIpc) is 3.17. The van der Waals surface area contributed by atoms with E-state index in [0.717, 1.165) is 11.1 Å². The number of H-pyrrole nitrogens is 1. The molecule has 0 radical (unpaired) electrons. The highest BCUT2D eigenvalue weighted by molar-refractivity contribution is 5.93. The van der Waals surface area contributed by atoms with Crippen LogP contribution in [0, 0.1) is 5.82 Å². The number of pyridine rings is 1. The molecule has 1 aliphatic rings. The predicted octanol–water partition coefficient (Wildman–Crippen LogP) is 5.31. The van der Waals surface area contributed by atoms with Crippen molar-refractivity contribution in [3.05, 3.63) is 59.7 Å². The summed E-state index contributed by atoms with van der Waals surface area (Å²) in [5, 5.41) is 0.283. The second-order valence-electron chi connectivity index (χ2n) is 8.91. The SMILES string of the molecule is COC(=O)c1ccc(C2=CCN(C(=O)OC(C)(C)C)CC2)cc1Oc1cnc2[nH]cc(F)c2c1. The number of hydrogen-bond donors (Lipinski definition) is 1. The van der Waals surface area contributed by atoms with Crippen LogP contribution in [0.1, 0.15) is 43.1 Å². The monoisotopic (exact) mass is 467 g/mol. The predicted molar refractivity (Wildman–Crippen MR) is 124 cm³/mol. The van der Waals surface area contributed by atoms with Crippen LogP contribution in [0.25, 0.3) is 16.6 Å². The lowest BCUT2D eigenvalue weighted by Crippen LogP contribution is -2.39. The molecule has 0 aliphatic carbocycles. The maximum absolute atomic E-state index is 14.0. The highest BCUT2D eigenvalue weighted by Crippen LogP contribution is 2.33. The third kappa shape index (κ3) is 5.03. The summed E-state index contributed by atoms with van der Waals surface area (Å²) in [5.74, 6) is -0.465. The number of carbonyl (C=O) groups excluding carboxylic acids is 2. The van der Waals surface area contributed by atoms with Gasteiger partial charge in [0, 0.05) is 19.3 Å². The third-order valence-electron chi connectivity index (χ3n) is 5.30. The van der Waals surface area contributed by atoms with Gasteiger partial charge in [-0.25, -0.2) is 19.0 Å². The number of ether oxygens (including phenoxy) is 3. The molecular formula is C25H26FN3O5. The van der Waals surface area contributed by atoms with Gasteiger partial charge in [0.1, 0.15) is 34.1 Å². The van der Waals surface area contributed by atoms with Gasteiger partial charge in [-0.05, 0) is 56.5 Å². The van der Waals surface area contributed by atoms with E-state index in [0.29, 0.717) is 25.2 Å². The Balaban J connectivity index is 1.60. The number of aromatic amines is 1. The molecule has 0 saturated heterocycles. The van der Waals surface area contributed by atoms with Crippen LogP contribution >= 0.6 is 0 Å². The summed E-state index contributed by atoms with van der Waals surface area (Å²) in [4.78, 5) is 33.2. The van der Waals surface area contributed by atoms with E-state index >= 15 is 0 Å². The quantitative estimate of drug-likeness (QED) is 0.523. The number of nitrogens with one attached hydrogen (secondary N) is 1. The summed E-state index contributed by atoms with van der Waals surface area (Å²) in [6.45, 7) is 6.41. The highest BCUT2D eigenvalue weighted by Gasteiger charge is 2.24. The second kappa shape index (κ2) is 9.17. The van der Waals surface area contributed by atoms with Gasteiger partial charge < -0.3 is 24.1 Å². The van der Waals surface area contributed by atoms with Crippen molar-refractivity contribution in [3.8, 4) is 11.5 Å². The molecule has 1 aliphatic heterocycles. The van der Waals surface area contributed by atoms with Gasteiger partial charge in [-0.2, -0.15) is 0 Å². The number of halogens is 1. The Bertz CT molecular complexity index is 1280. The summed E-state index contributed by atoms with van der Waals surface area (Å²) in [7, 11) is 1.29. The smallest absolute Gasteiger partial charge is 0.410 e. The lowest BCUT2D eigenvalue weighted by atomic mass is 9.98. The van der Waals surface area contributed by atoms with Gasteiger partial charge in [-0.15, -0.1) is 0 Å². The molecule has 0 bridgehead atoms. The third-order valence-corrected chi connectivity index (χ3v) is 5.30. The Hall–Kier alpha value is -3.88. The number of nitrogens with zero attached hydrogens (tertiary/aromatic N) is 2. The molecule has 34 heavy (non-hydrogen) atoms. The zero-order valence-corrected chi connectivity index (χ0v) is 19.5. The molecule has 0 spiro atoms. The van der Waals surface area contributed by atoms with Gasteiger partial charge in [0.2, 0.25) is 0 Å². The standard InChI is InChI=1S/C25H26FN3O5/c1-25(2,3)34-24(31)29-9-7-15(8-10-29)16-5-6-18(23(30)32-4)21(11-16)33-17-12-19-20(26)14-28-22(19)27-13-17/h5-7,11-14H,8-10H2,1-4H3,(H,27,28). The summed E-state index contributed by atoms with van der Waals surface area (Å²) in [5.41, 5.74) is 1.92. The van der Waals surface area contributed by atoms with Gasteiger partial charge >= 0.3 is 12.1 Å². The molecule has 9 heteroatoms. The first kappa shape index (κ1) is 23.3. The molecule has 0 fully saturated rings. The van der Waals surface area contributed by atoms with Crippen LogP contribution < -0.4 is 4.74 Å². The average molecular weight is 467 g/mol. The number of benzene rings is 1. The molecule has 0 unspecified atom stereocenters. The van der Waals surface area contributed by atoms with Crippen molar-refractivity contribution in [1.29, 1.82) is 0 Å². The molecule has 8 nitrogen and oxygen atoms in total. The van der Waals surface area contributed by atoms with Crippen molar-refractivity contribution < 1.29 is 28.2 Å². The number of hydrogen-bond acceptors (Lipinski definition) is 6. The molecule has 3 heterocycles. The van der Waals surface area contributed by atoms with E-state index in [1.807, 2.05) is 26.8 Å². The van der Waals surface area contributed by atoms with Gasteiger partial charge in [0.05, 0.1) is 18.7 Å². The van der Waals surface area contributed by atoms with Crippen molar-refractivity contribution in [3.63, 3.8) is 0 Å². The first-order valence-corrected chi connectivity index (χ1v) is 10.8. The molecular weight excluding hydrogens is 441 g/mol. The minimum absolute atomic E-state index is 0.229. The molecule has 1 N–H and O–H groups in total. The summed E-state index contributed by atoms with van der Waals surface area (Å²) >= 11 is 0. The number of rotatable bonds is 4. The maximum atomic E-state index is 14.0. The van der Waals surface area contributed by atoms with E-state index in [4.69, 9.17) is 14.2 Å². The van der Waals surface area contributed by atoms with E-state index < -0.39 is 17.4 Å². The zero-order valence-electron chi connectivity index (χ0n) is 19.5. The van der Waals surface area contributed by atoms with Crippen LogP contribution in [0.2, 0.25) is 0 Å². The molecule has 0 atom stereocenters. The lowest BCUT2D eigenvalue weighted by molar-refractivity contribution is 0.0270. The van der Waals surface area contributed by atoms with E-state index in [9.17, 15) is 14.0 Å². The maximum Gasteiger partial charge on any atom is 0.410 e. The van der Waals surface area contributed by atoms with E-state index in [-0.39, 0.29) is 28.5 Å². The minimum atomic E-state index is -0.558. The van der Waals surface area contributed by atoms with Gasteiger partial charge in [0.25, 0.3) is 0 Å². The Kier molecular flexibility index (Phi) is 6.28. The molecule has 2 aromatic heterocycles. The zero-order chi connectivity index (χ0) is 24.5. The van der Waals surface area contributed by atoms with Crippen LogP contribution in [0.4, 0.5) is 9.18 Å². The Morgan fingerprint density at radius 3 is 2.68 bits per heavy atom. The lowest BCUT2D eigenvalue weighted by Gasteiger charge is -2.29. The number of fused-ring (bicyclic) bond motifs is 1. The second-order valence-corrected chi connectivity index (χ2v) is 8.91. The van der Waals surface area contributed by atoms with Crippen LogP contribution in [-0.2, 0) is 9.47 Å². The highest BCUT2D eigenvalue weighted by atomic mass is 19.1. The molecule has 1 aromatic carbocycles. The van der Waals surface area contributed by atoms with Gasteiger partial charge in [-0.3, -0.25) is 0 Å². The normalized spacial score (nSPS) is 14.0. The van der Waals surface area contributed by atoms with E-state index in [1.165, 1.54) is 25.6 Å². The fourth-order valence-electron chi connectivity index (χ4n) is 3.64. The van der Waals surface area contributed by atoms with Crippen molar-refractivity contribution in [2.24, 2.45) is 0 Å². The number of carbonyl (C=O) groups is 2.